The molecule has 0 fully saturated rings. The highest BCUT2D eigenvalue weighted by Gasteiger charge is 2.16. The van der Waals surface area contributed by atoms with Gasteiger partial charge < -0.3 is 15.1 Å². The molecule has 27 heavy (non-hydrogen) atoms. The number of hydrogen-bond donors (Lipinski definition) is 2. The topological polar surface area (TPSA) is 71.3 Å². The van der Waals surface area contributed by atoms with Crippen molar-refractivity contribution in [1.29, 1.82) is 0 Å². The first kappa shape index (κ1) is 18.7. The number of furan rings is 1. The predicted octanol–water partition coefficient (Wildman–Crippen LogP) is 4.76. The molecule has 0 saturated heterocycles. The van der Waals surface area contributed by atoms with Crippen molar-refractivity contribution in [2.45, 2.75) is 6.92 Å². The van der Waals surface area contributed by atoms with Gasteiger partial charge in [-0.3, -0.25) is 9.59 Å². The molecule has 0 spiro atoms. The van der Waals surface area contributed by atoms with E-state index in [1.165, 1.54) is 12.3 Å². The standard InChI is InChI=1S/C21H17BrN2O3/c1-14-4-10-17(11-5-14)23-20(25)18(13-15-6-8-16(22)9-7-15)24-21(26)19-3-2-12-27-19/h2-13H,1H3,(H,23,25)(H,24,26). The Balaban J connectivity index is 1.85. The number of amides is 2. The van der Waals surface area contributed by atoms with Crippen molar-refractivity contribution in [1.82, 2.24) is 5.32 Å². The summed E-state index contributed by atoms with van der Waals surface area (Å²) >= 11 is 3.37. The Kier molecular flexibility index (Phi) is 5.88. The van der Waals surface area contributed by atoms with E-state index in [9.17, 15) is 9.59 Å². The van der Waals surface area contributed by atoms with E-state index in [1.807, 2.05) is 43.3 Å². The van der Waals surface area contributed by atoms with Gasteiger partial charge in [0.25, 0.3) is 11.8 Å². The van der Waals surface area contributed by atoms with Crippen LogP contribution < -0.4 is 10.6 Å². The second kappa shape index (κ2) is 8.51. The molecule has 0 radical (unpaired) electrons. The Labute approximate surface area is 165 Å². The van der Waals surface area contributed by atoms with Gasteiger partial charge in [-0.15, -0.1) is 0 Å². The summed E-state index contributed by atoms with van der Waals surface area (Å²) in [6.45, 7) is 1.97. The molecule has 2 aromatic carbocycles. The smallest absolute Gasteiger partial charge is 0.291 e. The van der Waals surface area contributed by atoms with Gasteiger partial charge in [-0.05, 0) is 55.0 Å². The number of aryl methyl sites for hydroxylation is 1. The lowest BCUT2D eigenvalue weighted by molar-refractivity contribution is -0.113. The van der Waals surface area contributed by atoms with E-state index >= 15 is 0 Å². The van der Waals surface area contributed by atoms with Crippen molar-refractivity contribution in [3.05, 3.63) is 94.0 Å². The molecule has 6 heteroatoms. The van der Waals surface area contributed by atoms with Crippen LogP contribution in [-0.2, 0) is 4.79 Å². The number of benzene rings is 2. The average Bonchev–Trinajstić information content (AvgIpc) is 3.19. The lowest BCUT2D eigenvalue weighted by Gasteiger charge is -2.11. The number of anilines is 1. The summed E-state index contributed by atoms with van der Waals surface area (Å²) in [7, 11) is 0. The maximum Gasteiger partial charge on any atom is 0.291 e. The zero-order valence-corrected chi connectivity index (χ0v) is 16.1. The highest BCUT2D eigenvalue weighted by atomic mass is 79.9. The number of carbonyl (C=O) groups excluding carboxylic acids is 2. The highest BCUT2D eigenvalue weighted by Crippen LogP contribution is 2.15. The van der Waals surface area contributed by atoms with Crippen LogP contribution in [0.25, 0.3) is 6.08 Å². The van der Waals surface area contributed by atoms with Gasteiger partial charge in [0.1, 0.15) is 5.70 Å². The van der Waals surface area contributed by atoms with Crippen molar-refractivity contribution < 1.29 is 14.0 Å². The number of rotatable bonds is 5. The Hall–Kier alpha value is -3.12. The fraction of sp³-hybridized carbons (Fsp3) is 0.0476. The second-order valence-corrected chi connectivity index (χ2v) is 6.78. The van der Waals surface area contributed by atoms with Gasteiger partial charge in [0.05, 0.1) is 6.26 Å². The molecule has 1 aromatic heterocycles. The van der Waals surface area contributed by atoms with Crippen molar-refractivity contribution in [3.8, 4) is 0 Å². The molecule has 3 aromatic rings. The van der Waals surface area contributed by atoms with Crippen LogP contribution in [0.3, 0.4) is 0 Å². The summed E-state index contributed by atoms with van der Waals surface area (Å²) in [6.07, 6.45) is 3.01. The molecule has 0 aliphatic rings. The quantitative estimate of drug-likeness (QED) is 0.579. The van der Waals surface area contributed by atoms with E-state index < -0.39 is 11.8 Å². The van der Waals surface area contributed by atoms with Gasteiger partial charge in [-0.25, -0.2) is 0 Å². The van der Waals surface area contributed by atoms with Gasteiger partial charge in [0.15, 0.2) is 5.76 Å². The summed E-state index contributed by atoms with van der Waals surface area (Å²) in [5.41, 5.74) is 2.61. The maximum absolute atomic E-state index is 12.7. The van der Waals surface area contributed by atoms with E-state index in [0.29, 0.717) is 5.69 Å². The number of halogens is 1. The summed E-state index contributed by atoms with van der Waals surface area (Å²) < 4.78 is 6.02. The molecule has 3 rings (SSSR count). The molecule has 2 N–H and O–H groups in total. The van der Waals surface area contributed by atoms with Crippen molar-refractivity contribution in [3.63, 3.8) is 0 Å². The Morgan fingerprint density at radius 2 is 1.70 bits per heavy atom. The SMILES string of the molecule is Cc1ccc(NC(=O)C(=Cc2ccc(Br)cc2)NC(=O)c2ccco2)cc1. The van der Waals surface area contributed by atoms with Crippen LogP contribution >= 0.6 is 15.9 Å². The molecule has 0 aliphatic carbocycles. The minimum atomic E-state index is -0.498. The number of carbonyl (C=O) groups is 2. The van der Waals surface area contributed by atoms with Crippen molar-refractivity contribution in [2.75, 3.05) is 5.32 Å². The average molecular weight is 425 g/mol. The Morgan fingerprint density at radius 1 is 1.00 bits per heavy atom. The Bertz CT molecular complexity index is 960. The lowest BCUT2D eigenvalue weighted by Crippen LogP contribution is -2.30. The van der Waals surface area contributed by atoms with E-state index in [2.05, 4.69) is 26.6 Å². The molecule has 0 unspecified atom stereocenters. The van der Waals surface area contributed by atoms with Crippen molar-refractivity contribution in [2.24, 2.45) is 0 Å². The normalized spacial score (nSPS) is 11.1. The van der Waals surface area contributed by atoms with Crippen LogP contribution in [0.1, 0.15) is 21.7 Å². The van der Waals surface area contributed by atoms with Crippen LogP contribution in [0.5, 0.6) is 0 Å². The zero-order chi connectivity index (χ0) is 19.2. The third-order valence-electron chi connectivity index (χ3n) is 3.73. The minimum absolute atomic E-state index is 0.110. The van der Waals surface area contributed by atoms with Gasteiger partial charge in [-0.1, -0.05) is 45.8 Å². The molecule has 0 saturated carbocycles. The van der Waals surface area contributed by atoms with E-state index in [-0.39, 0.29) is 11.5 Å². The predicted molar refractivity (Wildman–Crippen MR) is 108 cm³/mol. The monoisotopic (exact) mass is 424 g/mol. The zero-order valence-electron chi connectivity index (χ0n) is 14.5. The van der Waals surface area contributed by atoms with Crippen LogP contribution in [0.2, 0.25) is 0 Å². The molecule has 0 aliphatic heterocycles. The van der Waals surface area contributed by atoms with Crippen LogP contribution in [0, 0.1) is 6.92 Å². The summed E-state index contributed by atoms with van der Waals surface area (Å²) in [4.78, 5) is 25.1. The molecule has 2 amide bonds. The Morgan fingerprint density at radius 3 is 2.33 bits per heavy atom. The third kappa shape index (κ3) is 5.18. The molecule has 5 nitrogen and oxygen atoms in total. The van der Waals surface area contributed by atoms with E-state index in [0.717, 1.165) is 15.6 Å². The highest BCUT2D eigenvalue weighted by molar-refractivity contribution is 9.10. The van der Waals surface area contributed by atoms with Crippen molar-refractivity contribution >= 4 is 39.5 Å². The largest absolute Gasteiger partial charge is 0.459 e. The van der Waals surface area contributed by atoms with Gasteiger partial charge >= 0.3 is 0 Å². The molecule has 136 valence electrons. The van der Waals surface area contributed by atoms with Gasteiger partial charge in [0.2, 0.25) is 0 Å². The molecule has 0 atom stereocenters. The lowest BCUT2D eigenvalue weighted by atomic mass is 10.1. The molecular weight excluding hydrogens is 408 g/mol. The molecule has 1 heterocycles. The van der Waals surface area contributed by atoms with Crippen LogP contribution in [-0.4, -0.2) is 11.8 Å². The summed E-state index contributed by atoms with van der Waals surface area (Å²) in [6, 6.07) is 17.9. The summed E-state index contributed by atoms with van der Waals surface area (Å²) in [5.74, 6) is -0.802. The molecule has 0 bridgehead atoms. The third-order valence-corrected chi connectivity index (χ3v) is 4.26. The molecular formula is C21H17BrN2O3. The van der Waals surface area contributed by atoms with Gasteiger partial charge in [-0.2, -0.15) is 0 Å². The number of nitrogens with one attached hydrogen (secondary N) is 2. The number of hydrogen-bond acceptors (Lipinski definition) is 3. The summed E-state index contributed by atoms with van der Waals surface area (Å²) in [5, 5.41) is 5.41. The second-order valence-electron chi connectivity index (χ2n) is 5.86. The fourth-order valence-electron chi connectivity index (χ4n) is 2.31. The van der Waals surface area contributed by atoms with Crippen LogP contribution in [0.15, 0.2) is 81.5 Å². The van der Waals surface area contributed by atoms with Gasteiger partial charge in [0, 0.05) is 10.2 Å². The maximum atomic E-state index is 12.7. The van der Waals surface area contributed by atoms with E-state index in [4.69, 9.17) is 4.42 Å². The van der Waals surface area contributed by atoms with Crippen LogP contribution in [0.4, 0.5) is 5.69 Å². The fourth-order valence-corrected chi connectivity index (χ4v) is 2.58. The first-order valence-electron chi connectivity index (χ1n) is 8.21. The first-order valence-corrected chi connectivity index (χ1v) is 9.01. The first-order chi connectivity index (χ1) is 13.0. The minimum Gasteiger partial charge on any atom is -0.459 e. The van der Waals surface area contributed by atoms with E-state index in [1.54, 1.807) is 24.3 Å².